The highest BCUT2D eigenvalue weighted by molar-refractivity contribution is 7.18. The van der Waals surface area contributed by atoms with Crippen LogP contribution in [-0.4, -0.2) is 10.5 Å². The third kappa shape index (κ3) is 2.90. The lowest BCUT2D eigenvalue weighted by molar-refractivity contribution is 0.103. The molecule has 0 saturated carbocycles. The Morgan fingerprint density at radius 2 is 2.10 bits per heavy atom. The molecule has 0 spiro atoms. The molecule has 2 aromatic heterocycles. The van der Waals surface area contributed by atoms with Gasteiger partial charge in [0.25, 0.3) is 11.5 Å². The minimum Gasteiger partial charge on any atom is -0.320 e. The molecule has 7 heteroatoms. The maximum absolute atomic E-state index is 12.1. The normalized spacial score (nSPS) is 10.6. The average molecular weight is 331 g/mol. The van der Waals surface area contributed by atoms with Gasteiger partial charge in [-0.25, -0.2) is 0 Å². The van der Waals surface area contributed by atoms with E-state index in [9.17, 15) is 9.59 Å². The van der Waals surface area contributed by atoms with Gasteiger partial charge in [0.05, 0.1) is 15.6 Å². The van der Waals surface area contributed by atoms with Gasteiger partial charge in [0, 0.05) is 18.3 Å². The molecule has 4 nitrogen and oxygen atoms in total. The molecule has 0 unspecified atom stereocenters. The lowest BCUT2D eigenvalue weighted by Gasteiger charge is -2.12. The second kappa shape index (κ2) is 5.99. The smallest absolute Gasteiger partial charge is 0.265 e. The van der Waals surface area contributed by atoms with E-state index in [1.54, 1.807) is 17.6 Å². The zero-order valence-corrected chi connectivity index (χ0v) is 13.2. The molecule has 0 aliphatic heterocycles. The molecule has 1 amide bonds. The first-order valence-corrected chi connectivity index (χ1v) is 7.48. The molecule has 2 aromatic rings. The molecule has 0 atom stereocenters. The SMILES string of the molecule is CCn1c(C)c(NC(=O)c2cc(Cl)c(Cl)s2)ccc1=O. The topological polar surface area (TPSA) is 51.1 Å². The number of aromatic nitrogens is 1. The Morgan fingerprint density at radius 3 is 2.65 bits per heavy atom. The molecular weight excluding hydrogens is 319 g/mol. The molecule has 20 heavy (non-hydrogen) atoms. The second-order valence-electron chi connectivity index (χ2n) is 4.10. The number of amides is 1. The Hall–Kier alpha value is -1.30. The molecule has 1 N–H and O–H groups in total. The summed E-state index contributed by atoms with van der Waals surface area (Å²) >= 11 is 12.8. The van der Waals surface area contributed by atoms with Crippen molar-refractivity contribution in [1.82, 2.24) is 4.57 Å². The summed E-state index contributed by atoms with van der Waals surface area (Å²) in [4.78, 5) is 24.2. The van der Waals surface area contributed by atoms with Gasteiger partial charge in [-0.1, -0.05) is 23.2 Å². The summed E-state index contributed by atoms with van der Waals surface area (Å²) in [6.07, 6.45) is 0. The van der Waals surface area contributed by atoms with Crippen molar-refractivity contribution < 1.29 is 4.79 Å². The van der Waals surface area contributed by atoms with Crippen LogP contribution in [0.25, 0.3) is 0 Å². The summed E-state index contributed by atoms with van der Waals surface area (Å²) in [5, 5.41) is 3.12. The highest BCUT2D eigenvalue weighted by Gasteiger charge is 2.14. The van der Waals surface area contributed by atoms with E-state index in [2.05, 4.69) is 5.32 Å². The lowest BCUT2D eigenvalue weighted by Crippen LogP contribution is -2.23. The van der Waals surface area contributed by atoms with Crippen LogP contribution in [0.2, 0.25) is 9.36 Å². The van der Waals surface area contributed by atoms with Crippen molar-refractivity contribution in [3.63, 3.8) is 0 Å². The molecule has 2 rings (SSSR count). The quantitative estimate of drug-likeness (QED) is 0.930. The number of rotatable bonds is 3. The predicted molar refractivity (Wildman–Crippen MR) is 83.4 cm³/mol. The number of thiophene rings is 1. The summed E-state index contributed by atoms with van der Waals surface area (Å²) in [7, 11) is 0. The minimum absolute atomic E-state index is 0.0924. The highest BCUT2D eigenvalue weighted by Crippen LogP contribution is 2.32. The second-order valence-corrected chi connectivity index (χ2v) is 6.16. The van der Waals surface area contributed by atoms with Crippen LogP contribution in [0.15, 0.2) is 23.0 Å². The van der Waals surface area contributed by atoms with Crippen LogP contribution >= 0.6 is 34.5 Å². The summed E-state index contributed by atoms with van der Waals surface area (Å²) in [5.74, 6) is -0.298. The Bertz CT molecular complexity index is 702. The van der Waals surface area contributed by atoms with Gasteiger partial charge in [-0.05, 0) is 26.0 Å². The van der Waals surface area contributed by atoms with Crippen molar-refractivity contribution in [2.75, 3.05) is 5.32 Å². The largest absolute Gasteiger partial charge is 0.320 e. The fourth-order valence-electron chi connectivity index (χ4n) is 1.84. The fourth-order valence-corrected chi connectivity index (χ4v) is 3.11. The zero-order chi connectivity index (χ0) is 14.9. The number of hydrogen-bond acceptors (Lipinski definition) is 3. The fraction of sp³-hybridized carbons (Fsp3) is 0.231. The van der Waals surface area contributed by atoms with Gasteiger partial charge in [-0.2, -0.15) is 0 Å². The number of carbonyl (C=O) groups excluding carboxylic acids is 1. The molecule has 0 aliphatic carbocycles. The molecule has 2 heterocycles. The Kier molecular flexibility index (Phi) is 4.52. The minimum atomic E-state index is -0.298. The van der Waals surface area contributed by atoms with Crippen LogP contribution in [0.4, 0.5) is 5.69 Å². The number of nitrogens with one attached hydrogen (secondary N) is 1. The van der Waals surface area contributed by atoms with E-state index in [1.165, 1.54) is 12.1 Å². The van der Waals surface area contributed by atoms with Gasteiger partial charge in [0.2, 0.25) is 0 Å². The van der Waals surface area contributed by atoms with Crippen LogP contribution in [0.1, 0.15) is 22.3 Å². The van der Waals surface area contributed by atoms with E-state index in [1.807, 2.05) is 6.92 Å². The van der Waals surface area contributed by atoms with Gasteiger partial charge in [-0.15, -0.1) is 11.3 Å². The molecule has 0 bridgehead atoms. The van der Waals surface area contributed by atoms with E-state index >= 15 is 0 Å². The number of anilines is 1. The first kappa shape index (κ1) is 15.1. The summed E-state index contributed by atoms with van der Waals surface area (Å²) in [5.41, 5.74) is 1.21. The third-order valence-corrected chi connectivity index (χ3v) is 4.75. The Balaban J connectivity index is 2.31. The molecule has 0 radical (unpaired) electrons. The number of nitrogens with zero attached hydrogens (tertiary/aromatic N) is 1. The maximum atomic E-state index is 12.1. The van der Waals surface area contributed by atoms with Crippen molar-refractivity contribution >= 4 is 46.1 Å². The third-order valence-electron chi connectivity index (χ3n) is 2.89. The van der Waals surface area contributed by atoms with E-state index < -0.39 is 0 Å². The Labute approximate surface area is 129 Å². The van der Waals surface area contributed by atoms with Crippen molar-refractivity contribution in [3.05, 3.63) is 48.5 Å². The van der Waals surface area contributed by atoms with Crippen molar-refractivity contribution in [3.8, 4) is 0 Å². The number of carbonyl (C=O) groups is 1. The molecular formula is C13H12Cl2N2O2S. The Morgan fingerprint density at radius 1 is 1.40 bits per heavy atom. The first-order chi connectivity index (χ1) is 9.43. The summed E-state index contributed by atoms with van der Waals surface area (Å²) in [6.45, 7) is 4.21. The first-order valence-electron chi connectivity index (χ1n) is 5.90. The van der Waals surface area contributed by atoms with Crippen molar-refractivity contribution in [1.29, 1.82) is 0 Å². The lowest BCUT2D eigenvalue weighted by atomic mass is 10.3. The van der Waals surface area contributed by atoms with Gasteiger partial charge >= 0.3 is 0 Å². The van der Waals surface area contributed by atoms with Crippen LogP contribution in [0.5, 0.6) is 0 Å². The van der Waals surface area contributed by atoms with E-state index in [-0.39, 0.29) is 11.5 Å². The highest BCUT2D eigenvalue weighted by atomic mass is 35.5. The molecule has 0 saturated heterocycles. The summed E-state index contributed by atoms with van der Waals surface area (Å²) < 4.78 is 1.97. The molecule has 0 aromatic carbocycles. The maximum Gasteiger partial charge on any atom is 0.265 e. The van der Waals surface area contributed by atoms with Gasteiger partial charge < -0.3 is 9.88 Å². The standard InChI is InChI=1S/C13H12Cl2N2O2S/c1-3-17-7(2)9(4-5-11(17)18)16-13(19)10-6-8(14)12(15)20-10/h4-6H,3H2,1-2H3,(H,16,19). The van der Waals surface area contributed by atoms with Crippen LogP contribution in [0, 0.1) is 6.92 Å². The van der Waals surface area contributed by atoms with Gasteiger partial charge in [0.15, 0.2) is 0 Å². The zero-order valence-electron chi connectivity index (χ0n) is 10.9. The van der Waals surface area contributed by atoms with Crippen LogP contribution in [-0.2, 0) is 6.54 Å². The van der Waals surface area contributed by atoms with Crippen molar-refractivity contribution in [2.45, 2.75) is 20.4 Å². The number of pyridine rings is 1. The van der Waals surface area contributed by atoms with E-state index in [4.69, 9.17) is 23.2 Å². The van der Waals surface area contributed by atoms with E-state index in [0.29, 0.717) is 32.2 Å². The molecule has 106 valence electrons. The average Bonchev–Trinajstić information content (AvgIpc) is 2.74. The van der Waals surface area contributed by atoms with Gasteiger partial charge in [0.1, 0.15) is 4.34 Å². The monoisotopic (exact) mass is 330 g/mol. The number of halogens is 2. The molecule has 0 fully saturated rings. The number of hydrogen-bond donors (Lipinski definition) is 1. The van der Waals surface area contributed by atoms with Crippen LogP contribution < -0.4 is 10.9 Å². The predicted octanol–water partition coefficient (Wildman–Crippen LogP) is 3.80. The summed E-state index contributed by atoms with van der Waals surface area (Å²) in [6, 6.07) is 4.55. The van der Waals surface area contributed by atoms with E-state index in [0.717, 1.165) is 11.3 Å². The van der Waals surface area contributed by atoms with Crippen molar-refractivity contribution in [2.24, 2.45) is 0 Å². The molecule has 0 aliphatic rings. The van der Waals surface area contributed by atoms with Gasteiger partial charge in [-0.3, -0.25) is 9.59 Å². The van der Waals surface area contributed by atoms with Crippen LogP contribution in [0.3, 0.4) is 0 Å².